The molecule has 9 heavy (non-hydrogen) atoms. The van der Waals surface area contributed by atoms with Gasteiger partial charge in [-0.25, -0.2) is 5.43 Å². The van der Waals surface area contributed by atoms with E-state index in [1.165, 1.54) is 5.12 Å². The Labute approximate surface area is 55.8 Å². The Morgan fingerprint density at radius 3 is 2.56 bits per heavy atom. The zero-order valence-corrected chi connectivity index (χ0v) is 5.51. The van der Waals surface area contributed by atoms with Crippen LogP contribution in [0.25, 0.3) is 0 Å². The molecular weight excluding hydrogens is 114 g/mol. The topological polar surface area (TPSA) is 41.3 Å². The summed E-state index contributed by atoms with van der Waals surface area (Å²) in [6, 6.07) is 0. The Morgan fingerprint density at radius 2 is 2.11 bits per heavy atom. The van der Waals surface area contributed by atoms with E-state index in [4.69, 9.17) is 5.84 Å². The fourth-order valence-corrected chi connectivity index (χ4v) is 0.385. The molecule has 0 saturated carbocycles. The van der Waals surface area contributed by atoms with Gasteiger partial charge in [-0.3, -0.25) is 5.84 Å². The first-order valence-electron chi connectivity index (χ1n) is 2.78. The Morgan fingerprint density at radius 1 is 1.44 bits per heavy atom. The average Bonchev–Trinajstić information content (AvgIpc) is 1.85. The second-order valence-electron chi connectivity index (χ2n) is 1.59. The summed E-state index contributed by atoms with van der Waals surface area (Å²) >= 11 is 0. The van der Waals surface area contributed by atoms with Gasteiger partial charge >= 0.3 is 0 Å². The fraction of sp³-hybridized carbons (Fsp3) is 0.333. The summed E-state index contributed by atoms with van der Waals surface area (Å²) in [5, 5.41) is 1.45. The van der Waals surface area contributed by atoms with Crippen molar-refractivity contribution in [1.29, 1.82) is 0 Å². The van der Waals surface area contributed by atoms with E-state index in [1.54, 1.807) is 12.2 Å². The SMILES string of the molecule is C=CCNN(N)CC=C. The van der Waals surface area contributed by atoms with Crippen LogP contribution in [-0.4, -0.2) is 18.2 Å². The minimum Gasteiger partial charge on any atom is -0.255 e. The molecule has 0 radical (unpaired) electrons. The van der Waals surface area contributed by atoms with Crippen molar-refractivity contribution in [2.75, 3.05) is 13.1 Å². The van der Waals surface area contributed by atoms with Crippen LogP contribution in [0.2, 0.25) is 0 Å². The highest BCUT2D eigenvalue weighted by molar-refractivity contribution is 4.71. The van der Waals surface area contributed by atoms with Gasteiger partial charge in [0, 0.05) is 13.1 Å². The zero-order valence-electron chi connectivity index (χ0n) is 5.51. The standard InChI is InChI=1S/C6H13N3/c1-3-5-8-9(7)6-4-2/h3-4,8H,1-2,5-7H2. The lowest BCUT2D eigenvalue weighted by atomic mass is 10.6. The Hall–Kier alpha value is -0.640. The predicted molar refractivity (Wildman–Crippen MR) is 39.3 cm³/mol. The molecule has 0 aromatic carbocycles. The maximum absolute atomic E-state index is 5.37. The minimum absolute atomic E-state index is 0.633. The first-order valence-corrected chi connectivity index (χ1v) is 2.78. The van der Waals surface area contributed by atoms with Crippen molar-refractivity contribution in [2.24, 2.45) is 5.84 Å². The van der Waals surface area contributed by atoms with Gasteiger partial charge in [0.25, 0.3) is 0 Å². The molecule has 0 aliphatic carbocycles. The molecule has 0 rings (SSSR count). The van der Waals surface area contributed by atoms with Crippen LogP contribution in [0.3, 0.4) is 0 Å². The summed E-state index contributed by atoms with van der Waals surface area (Å²) in [7, 11) is 0. The molecule has 0 aromatic heterocycles. The maximum Gasteiger partial charge on any atom is 0.0464 e. The number of hydrogen-bond acceptors (Lipinski definition) is 3. The molecule has 0 amide bonds. The van der Waals surface area contributed by atoms with Crippen molar-refractivity contribution in [1.82, 2.24) is 10.5 Å². The summed E-state index contributed by atoms with van der Waals surface area (Å²) in [6.07, 6.45) is 3.46. The third-order valence-electron chi connectivity index (χ3n) is 0.765. The lowest BCUT2D eigenvalue weighted by Gasteiger charge is -2.12. The highest BCUT2D eigenvalue weighted by atomic mass is 15.7. The van der Waals surface area contributed by atoms with E-state index in [2.05, 4.69) is 18.6 Å². The fourth-order valence-electron chi connectivity index (χ4n) is 0.385. The van der Waals surface area contributed by atoms with E-state index in [0.29, 0.717) is 13.1 Å². The molecule has 52 valence electrons. The van der Waals surface area contributed by atoms with Crippen LogP contribution in [0.15, 0.2) is 25.3 Å². The molecule has 0 fully saturated rings. The monoisotopic (exact) mass is 127 g/mol. The molecule has 3 N–H and O–H groups in total. The van der Waals surface area contributed by atoms with Gasteiger partial charge in [0.15, 0.2) is 0 Å². The van der Waals surface area contributed by atoms with Gasteiger partial charge in [-0.1, -0.05) is 12.2 Å². The van der Waals surface area contributed by atoms with E-state index in [9.17, 15) is 0 Å². The lowest BCUT2D eigenvalue weighted by Crippen LogP contribution is -2.43. The highest BCUT2D eigenvalue weighted by Gasteiger charge is 1.87. The van der Waals surface area contributed by atoms with Crippen LogP contribution < -0.4 is 11.3 Å². The molecule has 3 heteroatoms. The molecule has 0 heterocycles. The van der Waals surface area contributed by atoms with E-state index in [1.807, 2.05) is 0 Å². The van der Waals surface area contributed by atoms with Gasteiger partial charge in [0.1, 0.15) is 0 Å². The number of nitrogens with two attached hydrogens (primary N) is 1. The molecule has 3 nitrogen and oxygen atoms in total. The van der Waals surface area contributed by atoms with Crippen molar-refractivity contribution in [3.8, 4) is 0 Å². The van der Waals surface area contributed by atoms with E-state index in [-0.39, 0.29) is 0 Å². The molecule has 0 saturated heterocycles. The summed E-state index contributed by atoms with van der Waals surface area (Å²) in [5.41, 5.74) is 2.86. The van der Waals surface area contributed by atoms with Crippen LogP contribution >= 0.6 is 0 Å². The lowest BCUT2D eigenvalue weighted by molar-refractivity contribution is 0.227. The molecular formula is C6H13N3. The highest BCUT2D eigenvalue weighted by Crippen LogP contribution is 1.69. The van der Waals surface area contributed by atoms with Crippen molar-refractivity contribution < 1.29 is 0 Å². The zero-order chi connectivity index (χ0) is 7.11. The van der Waals surface area contributed by atoms with Gasteiger partial charge in [-0.2, -0.15) is 5.12 Å². The van der Waals surface area contributed by atoms with Crippen molar-refractivity contribution in [3.63, 3.8) is 0 Å². The number of rotatable bonds is 5. The molecule has 0 atom stereocenters. The molecule has 0 unspecified atom stereocenters. The Balaban J connectivity index is 3.14. The van der Waals surface area contributed by atoms with Gasteiger partial charge in [0.2, 0.25) is 0 Å². The van der Waals surface area contributed by atoms with Crippen LogP contribution in [0.1, 0.15) is 0 Å². The molecule has 0 aliphatic heterocycles. The smallest absolute Gasteiger partial charge is 0.0464 e. The van der Waals surface area contributed by atoms with Gasteiger partial charge in [-0.05, 0) is 0 Å². The predicted octanol–water partition coefficient (Wildman–Crippen LogP) is 0.0387. The summed E-state index contributed by atoms with van der Waals surface area (Å²) < 4.78 is 0. The van der Waals surface area contributed by atoms with Crippen LogP contribution in [-0.2, 0) is 0 Å². The minimum atomic E-state index is 0.633. The van der Waals surface area contributed by atoms with E-state index in [0.717, 1.165) is 0 Å². The Bertz CT molecular complexity index is 90.3. The number of hydrogen-bond donors (Lipinski definition) is 2. The second-order valence-corrected chi connectivity index (χ2v) is 1.59. The normalized spacial score (nSPS) is 9.56. The largest absolute Gasteiger partial charge is 0.255 e. The molecule has 0 aromatic rings. The number of nitrogens with one attached hydrogen (secondary N) is 1. The van der Waals surface area contributed by atoms with Gasteiger partial charge < -0.3 is 0 Å². The Kier molecular flexibility index (Phi) is 5.11. The summed E-state index contributed by atoms with van der Waals surface area (Å²) in [5.74, 6) is 5.37. The van der Waals surface area contributed by atoms with Crippen molar-refractivity contribution >= 4 is 0 Å². The molecule has 0 bridgehead atoms. The van der Waals surface area contributed by atoms with Crippen molar-refractivity contribution in [2.45, 2.75) is 0 Å². The van der Waals surface area contributed by atoms with E-state index >= 15 is 0 Å². The molecule has 0 spiro atoms. The van der Waals surface area contributed by atoms with Crippen LogP contribution in [0.5, 0.6) is 0 Å². The number of nitrogens with zero attached hydrogens (tertiary/aromatic N) is 1. The first-order chi connectivity index (χ1) is 4.31. The average molecular weight is 127 g/mol. The third-order valence-corrected chi connectivity index (χ3v) is 0.765. The van der Waals surface area contributed by atoms with Crippen molar-refractivity contribution in [3.05, 3.63) is 25.3 Å². The third kappa shape index (κ3) is 5.23. The van der Waals surface area contributed by atoms with Gasteiger partial charge in [-0.15, -0.1) is 13.2 Å². The van der Waals surface area contributed by atoms with Crippen LogP contribution in [0, 0.1) is 0 Å². The second kappa shape index (κ2) is 5.50. The number of hydrazine groups is 2. The van der Waals surface area contributed by atoms with E-state index < -0.39 is 0 Å². The molecule has 0 aliphatic rings. The maximum atomic E-state index is 5.37. The van der Waals surface area contributed by atoms with Gasteiger partial charge in [0.05, 0.1) is 0 Å². The first kappa shape index (κ1) is 8.36. The summed E-state index contributed by atoms with van der Waals surface area (Å²) in [4.78, 5) is 0. The summed E-state index contributed by atoms with van der Waals surface area (Å²) in [6.45, 7) is 8.36. The van der Waals surface area contributed by atoms with Crippen LogP contribution in [0.4, 0.5) is 0 Å². The quantitative estimate of drug-likeness (QED) is 0.311.